The van der Waals surface area contributed by atoms with Crippen molar-refractivity contribution in [1.82, 2.24) is 5.32 Å². The molecule has 0 aliphatic heterocycles. The van der Waals surface area contributed by atoms with Gasteiger partial charge in [0.2, 0.25) is 0 Å². The van der Waals surface area contributed by atoms with E-state index < -0.39 is 0 Å². The smallest absolute Gasteiger partial charge is 0.325 e. The summed E-state index contributed by atoms with van der Waals surface area (Å²) in [6, 6.07) is -0.363. The van der Waals surface area contributed by atoms with Crippen molar-refractivity contribution in [3.8, 4) is 0 Å². The number of esters is 1. The van der Waals surface area contributed by atoms with Gasteiger partial charge in [-0.25, -0.2) is 0 Å². The summed E-state index contributed by atoms with van der Waals surface area (Å²) in [5.74, 6) is -0.222. The molecule has 0 saturated heterocycles. The molecule has 1 fully saturated rings. The number of hydrogen-bond donors (Lipinski definition) is 1. The predicted molar refractivity (Wildman–Crippen MR) is 77.7 cm³/mol. The molecule has 0 heterocycles. The molecule has 5 heteroatoms. The predicted octanol–water partition coefficient (Wildman–Crippen LogP) is 1.89. The van der Waals surface area contributed by atoms with Gasteiger partial charge in [0.25, 0.3) is 0 Å². The summed E-state index contributed by atoms with van der Waals surface area (Å²) in [5.41, 5.74) is 0. The van der Waals surface area contributed by atoms with E-state index in [9.17, 15) is 4.79 Å². The lowest BCUT2D eigenvalue weighted by Crippen LogP contribution is -2.43. The second-order valence-electron chi connectivity index (χ2n) is 5.24. The zero-order chi connectivity index (χ0) is 14.8. The Hall–Kier alpha value is -0.650. The molecule has 0 amide bonds. The third kappa shape index (κ3) is 6.20. The second kappa shape index (κ2) is 10.1. The summed E-state index contributed by atoms with van der Waals surface area (Å²) in [5, 5.41) is 3.19. The fourth-order valence-corrected chi connectivity index (χ4v) is 2.47. The van der Waals surface area contributed by atoms with Crippen molar-refractivity contribution in [2.45, 2.75) is 64.2 Å². The van der Waals surface area contributed by atoms with Gasteiger partial charge in [0.15, 0.2) is 0 Å². The molecule has 0 spiro atoms. The normalized spacial score (nSPS) is 24.4. The average Bonchev–Trinajstić information content (AvgIpc) is 2.47. The highest BCUT2D eigenvalue weighted by Gasteiger charge is 2.25. The number of nitrogens with one attached hydrogen (secondary N) is 1. The number of carbonyl (C=O) groups is 1. The molecule has 1 saturated carbocycles. The number of rotatable bonds is 9. The molecule has 1 rings (SSSR count). The van der Waals surface area contributed by atoms with Gasteiger partial charge >= 0.3 is 5.97 Å². The third-order valence-corrected chi connectivity index (χ3v) is 3.62. The van der Waals surface area contributed by atoms with Crippen LogP contribution < -0.4 is 5.32 Å². The van der Waals surface area contributed by atoms with Crippen LogP contribution in [0.4, 0.5) is 0 Å². The van der Waals surface area contributed by atoms with Gasteiger partial charge in [-0.15, -0.1) is 0 Å². The molecule has 1 N–H and O–H groups in total. The topological polar surface area (TPSA) is 56.8 Å². The van der Waals surface area contributed by atoms with E-state index in [0.717, 1.165) is 38.6 Å². The lowest BCUT2D eigenvalue weighted by Gasteiger charge is -2.29. The highest BCUT2D eigenvalue weighted by Crippen LogP contribution is 2.23. The van der Waals surface area contributed by atoms with Crippen LogP contribution in [-0.2, 0) is 19.0 Å². The van der Waals surface area contributed by atoms with Crippen LogP contribution in [0.3, 0.4) is 0 Å². The molecule has 0 bridgehead atoms. The highest BCUT2D eigenvalue weighted by molar-refractivity contribution is 5.75. The van der Waals surface area contributed by atoms with Crippen molar-refractivity contribution in [2.75, 3.05) is 26.9 Å². The van der Waals surface area contributed by atoms with Crippen molar-refractivity contribution in [3.63, 3.8) is 0 Å². The quantitative estimate of drug-likeness (QED) is 0.656. The summed E-state index contributed by atoms with van der Waals surface area (Å²) in [6.45, 7) is 5.46. The Bertz CT molecular complexity index is 273. The molecular weight excluding hydrogens is 258 g/mol. The number of hydrogen-bond acceptors (Lipinski definition) is 5. The Morgan fingerprint density at radius 2 is 2.05 bits per heavy atom. The van der Waals surface area contributed by atoms with Gasteiger partial charge in [-0.3, -0.25) is 4.79 Å². The molecule has 20 heavy (non-hydrogen) atoms. The third-order valence-electron chi connectivity index (χ3n) is 3.62. The van der Waals surface area contributed by atoms with Crippen LogP contribution in [0.15, 0.2) is 0 Å². The summed E-state index contributed by atoms with van der Waals surface area (Å²) < 4.78 is 16.4. The number of methoxy groups -OCH3 is 1. The summed E-state index contributed by atoms with van der Waals surface area (Å²) in [4.78, 5) is 11.9. The maximum Gasteiger partial charge on any atom is 0.325 e. The van der Waals surface area contributed by atoms with E-state index in [4.69, 9.17) is 14.2 Å². The summed E-state index contributed by atoms with van der Waals surface area (Å²) in [6.07, 6.45) is 5.64. The van der Waals surface area contributed by atoms with E-state index in [-0.39, 0.29) is 18.1 Å². The second-order valence-corrected chi connectivity index (χ2v) is 5.24. The lowest BCUT2D eigenvalue weighted by molar-refractivity contribution is -0.148. The molecule has 3 atom stereocenters. The Morgan fingerprint density at radius 1 is 1.30 bits per heavy atom. The van der Waals surface area contributed by atoms with Crippen LogP contribution >= 0.6 is 0 Å². The first-order valence-corrected chi connectivity index (χ1v) is 7.75. The van der Waals surface area contributed by atoms with Gasteiger partial charge < -0.3 is 19.5 Å². The largest absolute Gasteiger partial charge is 0.465 e. The maximum absolute atomic E-state index is 11.9. The first kappa shape index (κ1) is 17.4. The van der Waals surface area contributed by atoms with Crippen LogP contribution in [0.2, 0.25) is 0 Å². The minimum absolute atomic E-state index is 0.189. The summed E-state index contributed by atoms with van der Waals surface area (Å²) in [7, 11) is 1.75. The Labute approximate surface area is 122 Å². The van der Waals surface area contributed by atoms with Crippen LogP contribution in [0.1, 0.15) is 46.0 Å². The standard InChI is InChI=1S/C15H29NO4/c1-4-9-16-14(15(17)19-5-2)11-20-13-8-6-7-12(10-13)18-3/h12-14,16H,4-11H2,1-3H3. The maximum atomic E-state index is 11.9. The molecule has 118 valence electrons. The van der Waals surface area contributed by atoms with E-state index in [1.165, 1.54) is 0 Å². The molecule has 1 aliphatic carbocycles. The van der Waals surface area contributed by atoms with Crippen LogP contribution in [-0.4, -0.2) is 51.1 Å². The van der Waals surface area contributed by atoms with E-state index in [0.29, 0.717) is 19.3 Å². The Kier molecular flexibility index (Phi) is 8.82. The minimum Gasteiger partial charge on any atom is -0.465 e. The van der Waals surface area contributed by atoms with Gasteiger partial charge in [-0.1, -0.05) is 6.92 Å². The molecule has 0 aromatic carbocycles. The van der Waals surface area contributed by atoms with E-state index in [2.05, 4.69) is 12.2 Å². The van der Waals surface area contributed by atoms with E-state index >= 15 is 0 Å². The Morgan fingerprint density at radius 3 is 2.70 bits per heavy atom. The van der Waals surface area contributed by atoms with Crippen LogP contribution in [0.25, 0.3) is 0 Å². The first-order chi connectivity index (χ1) is 9.71. The molecule has 5 nitrogen and oxygen atoms in total. The van der Waals surface area contributed by atoms with Gasteiger partial charge in [0, 0.05) is 7.11 Å². The zero-order valence-electron chi connectivity index (χ0n) is 13.0. The van der Waals surface area contributed by atoms with Crippen molar-refractivity contribution >= 4 is 5.97 Å². The molecule has 0 aromatic heterocycles. The van der Waals surface area contributed by atoms with Crippen molar-refractivity contribution in [3.05, 3.63) is 0 Å². The fraction of sp³-hybridized carbons (Fsp3) is 0.933. The minimum atomic E-state index is -0.363. The van der Waals surface area contributed by atoms with Crippen molar-refractivity contribution < 1.29 is 19.0 Å². The van der Waals surface area contributed by atoms with Gasteiger partial charge in [-0.05, 0) is 45.6 Å². The molecule has 1 aliphatic rings. The van der Waals surface area contributed by atoms with Crippen molar-refractivity contribution in [1.29, 1.82) is 0 Å². The fourth-order valence-electron chi connectivity index (χ4n) is 2.47. The molecule has 3 unspecified atom stereocenters. The molecule has 0 aromatic rings. The highest BCUT2D eigenvalue weighted by atomic mass is 16.5. The van der Waals surface area contributed by atoms with Crippen LogP contribution in [0, 0.1) is 0 Å². The first-order valence-electron chi connectivity index (χ1n) is 7.75. The zero-order valence-corrected chi connectivity index (χ0v) is 13.0. The average molecular weight is 287 g/mol. The summed E-state index contributed by atoms with van der Waals surface area (Å²) >= 11 is 0. The lowest BCUT2D eigenvalue weighted by atomic mass is 9.95. The van der Waals surface area contributed by atoms with Gasteiger partial charge in [-0.2, -0.15) is 0 Å². The molecular formula is C15H29NO4. The monoisotopic (exact) mass is 287 g/mol. The Balaban J connectivity index is 2.38. The van der Waals surface area contributed by atoms with Gasteiger partial charge in [0.1, 0.15) is 6.04 Å². The SMILES string of the molecule is CCCNC(COC1CCCC(OC)C1)C(=O)OCC. The number of ether oxygens (including phenoxy) is 3. The van der Waals surface area contributed by atoms with E-state index in [1.54, 1.807) is 7.11 Å². The van der Waals surface area contributed by atoms with Crippen LogP contribution in [0.5, 0.6) is 0 Å². The molecule has 0 radical (unpaired) electrons. The number of carbonyl (C=O) groups excluding carboxylic acids is 1. The van der Waals surface area contributed by atoms with Gasteiger partial charge in [0.05, 0.1) is 25.4 Å². The van der Waals surface area contributed by atoms with Crippen molar-refractivity contribution in [2.24, 2.45) is 0 Å². The van der Waals surface area contributed by atoms with E-state index in [1.807, 2.05) is 6.92 Å².